The number of nitrogens with zero attached hydrogens (tertiary/aromatic N) is 2. The van der Waals surface area contributed by atoms with Crippen LogP contribution in [0, 0.1) is 0 Å². The maximum Gasteiger partial charge on any atom is 0.228 e. The molecule has 0 bridgehead atoms. The highest BCUT2D eigenvalue weighted by molar-refractivity contribution is 7.13. The Morgan fingerprint density at radius 1 is 1.27 bits per heavy atom. The van der Waals surface area contributed by atoms with E-state index in [0.717, 1.165) is 16.3 Å². The first kappa shape index (κ1) is 15.2. The van der Waals surface area contributed by atoms with Crippen molar-refractivity contribution in [2.45, 2.75) is 32.5 Å². The number of rotatable bonds is 3. The van der Waals surface area contributed by atoms with E-state index in [0.29, 0.717) is 19.5 Å². The van der Waals surface area contributed by atoms with Crippen molar-refractivity contribution in [2.24, 2.45) is 0 Å². The van der Waals surface area contributed by atoms with Gasteiger partial charge in [0.05, 0.1) is 24.3 Å². The van der Waals surface area contributed by atoms with Gasteiger partial charge < -0.3 is 9.64 Å². The van der Waals surface area contributed by atoms with Crippen molar-refractivity contribution in [2.75, 3.05) is 13.1 Å². The van der Waals surface area contributed by atoms with Gasteiger partial charge in [-0.25, -0.2) is 4.98 Å². The average molecular weight is 316 g/mol. The van der Waals surface area contributed by atoms with E-state index in [9.17, 15) is 4.79 Å². The topological polar surface area (TPSA) is 42.4 Å². The lowest BCUT2D eigenvalue weighted by atomic mass is 10.2. The van der Waals surface area contributed by atoms with Crippen LogP contribution in [-0.2, 0) is 16.0 Å². The second-order valence-electron chi connectivity index (χ2n) is 5.74. The smallest absolute Gasteiger partial charge is 0.228 e. The van der Waals surface area contributed by atoms with Crippen LogP contribution in [0.25, 0.3) is 10.6 Å². The maximum atomic E-state index is 12.4. The van der Waals surface area contributed by atoms with Crippen LogP contribution in [0.3, 0.4) is 0 Å². The molecule has 0 radical (unpaired) electrons. The number of benzene rings is 1. The second kappa shape index (κ2) is 6.58. The summed E-state index contributed by atoms with van der Waals surface area (Å²) in [6.07, 6.45) is 0.564. The standard InChI is InChI=1S/C17H20N2O2S/c1-12-9-19(10-13(2)21-12)16(20)8-15-11-22-17(18-15)14-6-4-3-5-7-14/h3-7,11-13H,8-10H2,1-2H3. The zero-order valence-electron chi connectivity index (χ0n) is 12.9. The van der Waals surface area contributed by atoms with Gasteiger partial charge in [-0.2, -0.15) is 0 Å². The minimum absolute atomic E-state index is 0.100. The molecule has 3 rings (SSSR count). The Morgan fingerprint density at radius 2 is 1.95 bits per heavy atom. The zero-order chi connectivity index (χ0) is 15.5. The van der Waals surface area contributed by atoms with Gasteiger partial charge in [-0.15, -0.1) is 11.3 Å². The van der Waals surface area contributed by atoms with Crippen molar-refractivity contribution in [3.63, 3.8) is 0 Å². The third-order valence-corrected chi connectivity index (χ3v) is 4.62. The zero-order valence-corrected chi connectivity index (χ0v) is 13.7. The van der Waals surface area contributed by atoms with Crippen LogP contribution >= 0.6 is 11.3 Å². The Morgan fingerprint density at radius 3 is 2.64 bits per heavy atom. The summed E-state index contributed by atoms with van der Waals surface area (Å²) in [5.74, 6) is 0.131. The van der Waals surface area contributed by atoms with Crippen molar-refractivity contribution in [3.8, 4) is 10.6 Å². The second-order valence-corrected chi connectivity index (χ2v) is 6.60. The van der Waals surface area contributed by atoms with E-state index < -0.39 is 0 Å². The molecule has 2 heterocycles. The molecule has 1 aliphatic rings. The molecule has 1 saturated heterocycles. The molecule has 0 saturated carbocycles. The Labute approximate surface area is 134 Å². The molecule has 4 nitrogen and oxygen atoms in total. The van der Waals surface area contributed by atoms with E-state index in [4.69, 9.17) is 4.74 Å². The maximum absolute atomic E-state index is 12.4. The predicted octanol–water partition coefficient (Wildman–Crippen LogP) is 2.99. The summed E-state index contributed by atoms with van der Waals surface area (Å²) in [5, 5.41) is 2.94. The summed E-state index contributed by atoms with van der Waals surface area (Å²) in [6, 6.07) is 10.1. The molecule has 2 unspecified atom stereocenters. The fraction of sp³-hybridized carbons (Fsp3) is 0.412. The Hall–Kier alpha value is -1.72. The van der Waals surface area contributed by atoms with Crippen molar-refractivity contribution in [1.82, 2.24) is 9.88 Å². The van der Waals surface area contributed by atoms with Gasteiger partial charge >= 0.3 is 0 Å². The lowest BCUT2D eigenvalue weighted by Gasteiger charge is -2.35. The molecule has 116 valence electrons. The van der Waals surface area contributed by atoms with Gasteiger partial charge in [0.15, 0.2) is 0 Å². The molecular weight excluding hydrogens is 296 g/mol. The van der Waals surface area contributed by atoms with Gasteiger partial charge in [0.1, 0.15) is 5.01 Å². The van der Waals surface area contributed by atoms with Gasteiger partial charge in [-0.1, -0.05) is 30.3 Å². The quantitative estimate of drug-likeness (QED) is 0.874. The monoisotopic (exact) mass is 316 g/mol. The number of amides is 1. The Bertz CT molecular complexity index is 631. The summed E-state index contributed by atoms with van der Waals surface area (Å²) in [6.45, 7) is 5.34. The number of morpholine rings is 1. The summed E-state index contributed by atoms with van der Waals surface area (Å²) in [5.41, 5.74) is 1.94. The highest BCUT2D eigenvalue weighted by atomic mass is 32.1. The van der Waals surface area contributed by atoms with E-state index in [1.54, 1.807) is 11.3 Å². The lowest BCUT2D eigenvalue weighted by molar-refractivity contribution is -0.142. The molecule has 22 heavy (non-hydrogen) atoms. The van der Waals surface area contributed by atoms with E-state index >= 15 is 0 Å². The molecule has 2 aromatic rings. The molecular formula is C17H20N2O2S. The fourth-order valence-electron chi connectivity index (χ4n) is 2.75. The molecule has 2 atom stereocenters. The molecule has 0 N–H and O–H groups in total. The van der Waals surface area contributed by atoms with Crippen molar-refractivity contribution in [3.05, 3.63) is 41.4 Å². The largest absolute Gasteiger partial charge is 0.372 e. The first-order valence-corrected chi connectivity index (χ1v) is 8.43. The van der Waals surface area contributed by atoms with Gasteiger partial charge in [-0.05, 0) is 13.8 Å². The fourth-order valence-corrected chi connectivity index (χ4v) is 3.58. The first-order valence-electron chi connectivity index (χ1n) is 7.55. The van der Waals surface area contributed by atoms with E-state index in [2.05, 4.69) is 4.98 Å². The van der Waals surface area contributed by atoms with Crippen LogP contribution in [0.5, 0.6) is 0 Å². The number of carbonyl (C=O) groups excluding carboxylic acids is 1. The summed E-state index contributed by atoms with van der Waals surface area (Å²) in [7, 11) is 0. The van der Waals surface area contributed by atoms with Crippen LogP contribution in [0.2, 0.25) is 0 Å². The van der Waals surface area contributed by atoms with Gasteiger partial charge in [0.2, 0.25) is 5.91 Å². The van der Waals surface area contributed by atoms with Crippen molar-refractivity contribution >= 4 is 17.2 Å². The number of hydrogen-bond acceptors (Lipinski definition) is 4. The molecule has 0 aliphatic carbocycles. The SMILES string of the molecule is CC1CN(C(=O)Cc2csc(-c3ccccc3)n2)CC(C)O1. The van der Waals surface area contributed by atoms with E-state index in [1.807, 2.05) is 54.5 Å². The minimum atomic E-state index is 0.100. The van der Waals surface area contributed by atoms with Gasteiger partial charge in [0.25, 0.3) is 0 Å². The van der Waals surface area contributed by atoms with Gasteiger partial charge in [0, 0.05) is 24.0 Å². The van der Waals surface area contributed by atoms with Gasteiger partial charge in [-0.3, -0.25) is 4.79 Å². The molecule has 1 fully saturated rings. The first-order chi connectivity index (χ1) is 10.6. The van der Waals surface area contributed by atoms with Crippen LogP contribution in [0.15, 0.2) is 35.7 Å². The third-order valence-electron chi connectivity index (χ3n) is 3.68. The number of aromatic nitrogens is 1. The predicted molar refractivity (Wildman–Crippen MR) is 87.8 cm³/mol. The average Bonchev–Trinajstić information content (AvgIpc) is 2.95. The van der Waals surface area contributed by atoms with Crippen molar-refractivity contribution in [1.29, 1.82) is 0 Å². The summed E-state index contributed by atoms with van der Waals surface area (Å²) >= 11 is 1.59. The highest BCUT2D eigenvalue weighted by Gasteiger charge is 2.26. The van der Waals surface area contributed by atoms with Crippen LogP contribution in [-0.4, -0.2) is 41.1 Å². The van der Waals surface area contributed by atoms with E-state index in [-0.39, 0.29) is 18.1 Å². The molecule has 0 spiro atoms. The Kier molecular flexibility index (Phi) is 4.55. The number of carbonyl (C=O) groups is 1. The Balaban J connectivity index is 1.66. The summed E-state index contributed by atoms with van der Waals surface area (Å²) in [4.78, 5) is 18.9. The molecule has 1 aromatic heterocycles. The molecule has 1 aromatic carbocycles. The molecule has 1 amide bonds. The number of hydrogen-bond donors (Lipinski definition) is 0. The van der Waals surface area contributed by atoms with Crippen LogP contribution in [0.4, 0.5) is 0 Å². The summed E-state index contributed by atoms with van der Waals surface area (Å²) < 4.78 is 5.67. The lowest BCUT2D eigenvalue weighted by Crippen LogP contribution is -2.48. The third kappa shape index (κ3) is 3.54. The number of ether oxygens (including phenoxy) is 1. The highest BCUT2D eigenvalue weighted by Crippen LogP contribution is 2.24. The van der Waals surface area contributed by atoms with Crippen LogP contribution in [0.1, 0.15) is 19.5 Å². The van der Waals surface area contributed by atoms with E-state index in [1.165, 1.54) is 0 Å². The number of thiazole rings is 1. The molecule has 5 heteroatoms. The molecule has 1 aliphatic heterocycles. The minimum Gasteiger partial charge on any atom is -0.372 e. The normalized spacial score (nSPS) is 21.8. The van der Waals surface area contributed by atoms with Crippen LogP contribution < -0.4 is 0 Å². The van der Waals surface area contributed by atoms with Crippen molar-refractivity contribution < 1.29 is 9.53 Å².